The van der Waals surface area contributed by atoms with Crippen LogP contribution < -0.4 is 23.7 Å². The maximum Gasteiger partial charge on any atom is 0.412 e. The average Bonchev–Trinajstić information content (AvgIpc) is 3.64. The highest BCUT2D eigenvalue weighted by Crippen LogP contribution is 2.48. The number of hydrogen-bond acceptors (Lipinski definition) is 10. The van der Waals surface area contributed by atoms with Crippen molar-refractivity contribution in [3.8, 4) is 41.1 Å². The standard InChI is InChI=1S/C38H39ClNO9S/c1-6-30(40(42,43)38(41)24-10-8-7-9-11-24)29-20-25(21-33(44-2)36(29)48-18-19-50-28-14-12-27(39)13-15-28)31-16-17-32(49-31)26-22-34(45-3)37(47-5)35(23-26)46-4/h1,7-15,20-23,30-32,42-43H,16-19H2,2-5H3/q+1. The van der Waals surface area contributed by atoms with E-state index in [4.69, 9.17) is 46.4 Å². The van der Waals surface area contributed by atoms with Gasteiger partial charge in [-0.1, -0.05) is 29.8 Å². The summed E-state index contributed by atoms with van der Waals surface area (Å²) in [5, 5.41) is 23.4. The summed E-state index contributed by atoms with van der Waals surface area (Å²) >= 11 is 7.58. The lowest BCUT2D eigenvalue weighted by Gasteiger charge is -2.27. The molecule has 1 amide bonds. The Hall–Kier alpha value is -4.41. The molecule has 1 heterocycles. The third-order valence-corrected chi connectivity index (χ3v) is 9.55. The van der Waals surface area contributed by atoms with Gasteiger partial charge in [-0.3, -0.25) is 0 Å². The van der Waals surface area contributed by atoms with Gasteiger partial charge in [-0.2, -0.15) is 10.4 Å². The molecule has 0 aromatic heterocycles. The zero-order valence-corrected chi connectivity index (χ0v) is 29.7. The van der Waals surface area contributed by atoms with Gasteiger partial charge in [0.05, 0.1) is 58.4 Å². The molecule has 2 N–H and O–H groups in total. The first-order valence-electron chi connectivity index (χ1n) is 15.7. The maximum atomic E-state index is 13.5. The predicted molar refractivity (Wildman–Crippen MR) is 189 cm³/mol. The van der Waals surface area contributed by atoms with Crippen LogP contribution in [0.4, 0.5) is 0 Å². The monoisotopic (exact) mass is 720 g/mol. The molecule has 3 atom stereocenters. The van der Waals surface area contributed by atoms with Gasteiger partial charge in [0, 0.05) is 20.5 Å². The highest BCUT2D eigenvalue weighted by molar-refractivity contribution is 7.99. The zero-order valence-electron chi connectivity index (χ0n) is 28.1. The number of carbonyl (C=O) groups excluding carboxylic acids is 1. The molecule has 3 unspecified atom stereocenters. The summed E-state index contributed by atoms with van der Waals surface area (Å²) in [5.41, 5.74) is 1.73. The van der Waals surface area contributed by atoms with E-state index in [-0.39, 0.29) is 29.6 Å². The molecule has 0 radical (unpaired) electrons. The first-order valence-corrected chi connectivity index (χ1v) is 17.1. The van der Waals surface area contributed by atoms with E-state index >= 15 is 0 Å². The summed E-state index contributed by atoms with van der Waals surface area (Å²) in [6.07, 6.45) is 6.49. The van der Waals surface area contributed by atoms with E-state index in [1.165, 1.54) is 19.2 Å². The fourth-order valence-electron chi connectivity index (χ4n) is 5.87. The van der Waals surface area contributed by atoms with E-state index in [1.54, 1.807) is 63.4 Å². The molecule has 10 nitrogen and oxygen atoms in total. The number of benzene rings is 4. The van der Waals surface area contributed by atoms with Crippen molar-refractivity contribution < 1.29 is 48.4 Å². The van der Waals surface area contributed by atoms with Gasteiger partial charge in [0.1, 0.15) is 0 Å². The molecule has 1 aliphatic rings. The van der Waals surface area contributed by atoms with Gasteiger partial charge < -0.3 is 28.4 Å². The number of amides is 1. The van der Waals surface area contributed by atoms with Gasteiger partial charge in [0.2, 0.25) is 11.8 Å². The van der Waals surface area contributed by atoms with Crippen molar-refractivity contribution in [3.63, 3.8) is 0 Å². The number of quaternary nitrogens is 1. The number of ether oxygens (including phenoxy) is 6. The molecule has 50 heavy (non-hydrogen) atoms. The third kappa shape index (κ3) is 7.97. The first-order chi connectivity index (χ1) is 24.1. The van der Waals surface area contributed by atoms with Gasteiger partial charge in [-0.05, 0) is 90.6 Å². The molecule has 5 rings (SSSR count). The fourth-order valence-corrected chi connectivity index (χ4v) is 6.72. The number of halogens is 1. The van der Waals surface area contributed by atoms with Crippen LogP contribution in [0.15, 0.2) is 83.8 Å². The molecule has 0 saturated carbocycles. The molecule has 4 aromatic carbocycles. The molecule has 4 aromatic rings. The molecular formula is C38H39ClNO9S+. The number of carbonyl (C=O) groups is 1. The van der Waals surface area contributed by atoms with Crippen molar-refractivity contribution in [2.45, 2.75) is 36.0 Å². The highest BCUT2D eigenvalue weighted by Gasteiger charge is 2.47. The van der Waals surface area contributed by atoms with Crippen molar-refractivity contribution in [1.29, 1.82) is 0 Å². The molecule has 0 bridgehead atoms. The van der Waals surface area contributed by atoms with Crippen LogP contribution in [0.3, 0.4) is 0 Å². The lowest BCUT2D eigenvalue weighted by Crippen LogP contribution is -2.49. The quantitative estimate of drug-likeness (QED) is 0.0330. The Labute approximate surface area is 300 Å². The van der Waals surface area contributed by atoms with Gasteiger partial charge in [0.15, 0.2) is 23.0 Å². The van der Waals surface area contributed by atoms with Crippen molar-refractivity contribution in [2.24, 2.45) is 0 Å². The molecule has 1 aliphatic heterocycles. The largest absolute Gasteiger partial charge is 0.493 e. The second-order valence-corrected chi connectivity index (χ2v) is 12.9. The summed E-state index contributed by atoms with van der Waals surface area (Å²) in [4.78, 5) is 12.3. The summed E-state index contributed by atoms with van der Waals surface area (Å²) in [7, 11) is 6.13. The number of methoxy groups -OCH3 is 4. The van der Waals surface area contributed by atoms with Crippen LogP contribution in [0.1, 0.15) is 58.1 Å². The predicted octanol–water partition coefficient (Wildman–Crippen LogP) is 8.25. The SMILES string of the molecule is C#CC(c1cc(C2CCC(c3cc(OC)c(OC)c(OC)c3)O2)cc(OC)c1OCCSc1ccc(Cl)cc1)[N+](O)(O)C(=O)c1ccccc1. The van der Waals surface area contributed by atoms with Crippen LogP contribution in [-0.4, -0.2) is 61.9 Å². The number of terminal acetylenes is 1. The number of nitrogens with zero attached hydrogens (tertiary/aromatic N) is 1. The molecule has 1 saturated heterocycles. The summed E-state index contributed by atoms with van der Waals surface area (Å²) in [6, 6.07) is 20.9. The normalized spacial score (nSPS) is 16.3. The Morgan fingerprint density at radius 2 is 1.44 bits per heavy atom. The van der Waals surface area contributed by atoms with E-state index in [9.17, 15) is 15.2 Å². The van der Waals surface area contributed by atoms with Crippen LogP contribution >= 0.6 is 23.4 Å². The maximum absolute atomic E-state index is 13.5. The topological polar surface area (TPSA) is 113 Å². The average molecular weight is 721 g/mol. The molecular weight excluding hydrogens is 682 g/mol. The van der Waals surface area contributed by atoms with E-state index in [1.807, 2.05) is 36.4 Å². The lowest BCUT2D eigenvalue weighted by molar-refractivity contribution is -1.20. The molecule has 1 fully saturated rings. The summed E-state index contributed by atoms with van der Waals surface area (Å²) in [5.74, 6) is 3.92. The van der Waals surface area contributed by atoms with Crippen molar-refractivity contribution in [3.05, 3.63) is 106 Å². The third-order valence-electron chi connectivity index (χ3n) is 8.32. The van der Waals surface area contributed by atoms with E-state index in [2.05, 4.69) is 5.92 Å². The number of hydroxylamine groups is 4. The van der Waals surface area contributed by atoms with E-state index < -0.39 is 22.9 Å². The highest BCUT2D eigenvalue weighted by atomic mass is 35.5. The zero-order chi connectivity index (χ0) is 35.8. The Balaban J connectivity index is 1.49. The lowest BCUT2D eigenvalue weighted by atomic mass is 9.97. The van der Waals surface area contributed by atoms with Crippen LogP contribution in [0.2, 0.25) is 5.02 Å². The fraction of sp³-hybridized carbons (Fsp3) is 0.289. The Bertz CT molecular complexity index is 1800. The van der Waals surface area contributed by atoms with Gasteiger partial charge in [-0.15, -0.1) is 18.2 Å². The Kier molecular flexibility index (Phi) is 12.2. The summed E-state index contributed by atoms with van der Waals surface area (Å²) < 4.78 is 35.2. The first kappa shape index (κ1) is 36.9. The Morgan fingerprint density at radius 1 is 0.880 bits per heavy atom. The van der Waals surface area contributed by atoms with E-state index in [0.717, 1.165) is 10.5 Å². The second-order valence-electron chi connectivity index (χ2n) is 11.3. The van der Waals surface area contributed by atoms with Crippen LogP contribution in [0, 0.1) is 12.3 Å². The molecule has 262 valence electrons. The van der Waals surface area contributed by atoms with Crippen molar-refractivity contribution in [1.82, 2.24) is 0 Å². The van der Waals surface area contributed by atoms with Crippen LogP contribution in [-0.2, 0) is 4.74 Å². The number of rotatable bonds is 14. The van der Waals surface area contributed by atoms with Gasteiger partial charge >= 0.3 is 5.91 Å². The minimum atomic E-state index is -2.14. The van der Waals surface area contributed by atoms with Crippen LogP contribution in [0.5, 0.6) is 28.7 Å². The molecule has 12 heteroatoms. The molecule has 0 spiro atoms. The number of hydrogen-bond donors (Lipinski definition) is 2. The Morgan fingerprint density at radius 3 is 1.98 bits per heavy atom. The van der Waals surface area contributed by atoms with Gasteiger partial charge in [0.25, 0.3) is 0 Å². The minimum Gasteiger partial charge on any atom is -0.493 e. The minimum absolute atomic E-state index is 0.0648. The summed E-state index contributed by atoms with van der Waals surface area (Å²) in [6.45, 7) is 0.208. The van der Waals surface area contributed by atoms with Crippen LogP contribution in [0.25, 0.3) is 0 Å². The van der Waals surface area contributed by atoms with E-state index in [0.29, 0.717) is 52.2 Å². The van der Waals surface area contributed by atoms with Crippen molar-refractivity contribution >= 4 is 29.3 Å². The second kappa shape index (κ2) is 16.5. The van der Waals surface area contributed by atoms with Crippen molar-refractivity contribution in [2.75, 3.05) is 40.8 Å². The molecule has 0 aliphatic carbocycles. The number of thioether (sulfide) groups is 1. The van der Waals surface area contributed by atoms with Gasteiger partial charge in [-0.25, -0.2) is 4.79 Å². The smallest absolute Gasteiger partial charge is 0.412 e.